The average Bonchev–Trinajstić information content (AvgIpc) is 4.08. The maximum absolute atomic E-state index is 12.2. The molecule has 0 unspecified atom stereocenters. The average molecular weight is 870 g/mol. The molecule has 0 spiro atoms. The Labute approximate surface area is 370 Å². The van der Waals surface area contributed by atoms with Gasteiger partial charge in [-0.1, -0.05) is 46.8 Å². The molecule has 2 saturated heterocycles. The number of likely N-dealkylation sites (tertiary alicyclic amines) is 2. The van der Waals surface area contributed by atoms with Crippen LogP contribution in [0.2, 0.25) is 0 Å². The molecular weight excluding hydrogens is 807 g/mol. The van der Waals surface area contributed by atoms with Crippen molar-refractivity contribution in [1.82, 2.24) is 24.3 Å². The predicted octanol–water partition coefficient (Wildman–Crippen LogP) is 11.4. The van der Waals surface area contributed by atoms with Crippen LogP contribution in [0.15, 0.2) is 94.8 Å². The predicted molar refractivity (Wildman–Crippen MR) is 243 cm³/mol. The van der Waals surface area contributed by atoms with Crippen LogP contribution in [0, 0.1) is 17.3 Å². The second-order valence-electron chi connectivity index (χ2n) is 17.9. The van der Waals surface area contributed by atoms with Crippen LogP contribution in [0.3, 0.4) is 0 Å². The first-order valence-corrected chi connectivity index (χ1v) is 23.5. The van der Waals surface area contributed by atoms with E-state index in [1.54, 1.807) is 15.9 Å². The number of carbonyl (C=O) groups is 2. The normalized spacial score (nSPS) is 15.2. The molecule has 0 aliphatic carbocycles. The fourth-order valence-corrected chi connectivity index (χ4v) is 9.30. The van der Waals surface area contributed by atoms with Crippen LogP contribution in [0.4, 0.5) is 9.59 Å². The van der Waals surface area contributed by atoms with Crippen LogP contribution in [0.1, 0.15) is 96.5 Å². The van der Waals surface area contributed by atoms with E-state index in [1.165, 1.54) is 28.2 Å². The summed E-state index contributed by atoms with van der Waals surface area (Å²) in [6.07, 6.45) is 10.7. The summed E-state index contributed by atoms with van der Waals surface area (Å²) in [4.78, 5) is 36.3. The van der Waals surface area contributed by atoms with E-state index in [4.69, 9.17) is 18.9 Å². The molecule has 7 rings (SSSR count). The molecule has 0 radical (unpaired) electrons. The number of piperidine rings is 2. The van der Waals surface area contributed by atoms with E-state index >= 15 is 0 Å². The van der Waals surface area contributed by atoms with Gasteiger partial charge in [0, 0.05) is 55.0 Å². The van der Waals surface area contributed by atoms with E-state index in [1.807, 2.05) is 52.3 Å². The SMILES string of the molecule is CC(C)(C)CC(C)(C)c1ccc(OCCC2CCN(C(=O)OCc3cscn3)CC2)cc1.O=C(OCc1cscn1)N1CCC(CCOc2ccc(-n3cccc3)cc2)CC1. The number of thiazole rings is 2. The quantitative estimate of drug-likeness (QED) is 0.102. The summed E-state index contributed by atoms with van der Waals surface area (Å²) in [6.45, 7) is 16.4. The van der Waals surface area contributed by atoms with E-state index in [2.05, 4.69) is 85.6 Å². The number of ether oxygens (including phenoxy) is 4. The van der Waals surface area contributed by atoms with Gasteiger partial charge in [0.05, 0.1) is 35.6 Å². The molecule has 5 aromatic rings. The van der Waals surface area contributed by atoms with E-state index in [0.29, 0.717) is 30.5 Å². The van der Waals surface area contributed by atoms with Crippen LogP contribution < -0.4 is 9.47 Å². The molecule has 11 nitrogen and oxygen atoms in total. The maximum atomic E-state index is 12.2. The molecule has 5 heterocycles. The number of aromatic nitrogens is 3. The van der Waals surface area contributed by atoms with Crippen LogP contribution in [0.25, 0.3) is 5.69 Å². The monoisotopic (exact) mass is 869 g/mol. The van der Waals surface area contributed by atoms with Gasteiger partial charge in [-0.15, -0.1) is 22.7 Å². The molecule has 61 heavy (non-hydrogen) atoms. The second kappa shape index (κ2) is 22.3. The van der Waals surface area contributed by atoms with Gasteiger partial charge in [-0.05, 0) is 122 Å². The number of hydrogen-bond donors (Lipinski definition) is 0. The van der Waals surface area contributed by atoms with E-state index < -0.39 is 0 Å². The smallest absolute Gasteiger partial charge is 0.410 e. The minimum atomic E-state index is -0.240. The number of amides is 2. The lowest BCUT2D eigenvalue weighted by Gasteiger charge is -2.33. The third-order valence-corrected chi connectivity index (χ3v) is 12.6. The highest BCUT2D eigenvalue weighted by Crippen LogP contribution is 2.37. The van der Waals surface area contributed by atoms with Crippen molar-refractivity contribution in [2.45, 2.75) is 98.2 Å². The first-order chi connectivity index (χ1) is 29.4. The largest absolute Gasteiger partial charge is 0.494 e. The molecule has 0 saturated carbocycles. The van der Waals surface area contributed by atoms with Crippen LogP contribution in [-0.4, -0.2) is 75.9 Å². The summed E-state index contributed by atoms with van der Waals surface area (Å²) < 4.78 is 24.7. The van der Waals surface area contributed by atoms with Crippen molar-refractivity contribution in [2.24, 2.45) is 17.3 Å². The molecule has 2 aliphatic heterocycles. The molecule has 2 fully saturated rings. The van der Waals surface area contributed by atoms with Crippen molar-refractivity contribution in [1.29, 1.82) is 0 Å². The summed E-state index contributed by atoms with van der Waals surface area (Å²) in [6, 6.07) is 20.8. The molecule has 13 heteroatoms. The highest BCUT2D eigenvalue weighted by molar-refractivity contribution is 7.07. The summed E-state index contributed by atoms with van der Waals surface area (Å²) in [7, 11) is 0. The minimum Gasteiger partial charge on any atom is -0.494 e. The topological polar surface area (TPSA) is 108 Å². The number of carbonyl (C=O) groups excluding carboxylic acids is 2. The van der Waals surface area contributed by atoms with Crippen molar-refractivity contribution in [3.63, 3.8) is 0 Å². The Morgan fingerprint density at radius 2 is 1.10 bits per heavy atom. The molecule has 2 aliphatic rings. The van der Waals surface area contributed by atoms with E-state index in [9.17, 15) is 9.59 Å². The lowest BCUT2D eigenvalue weighted by molar-refractivity contribution is 0.0785. The van der Waals surface area contributed by atoms with Crippen LogP contribution in [0.5, 0.6) is 11.5 Å². The highest BCUT2D eigenvalue weighted by atomic mass is 32.1. The summed E-state index contributed by atoms with van der Waals surface area (Å²) >= 11 is 3.01. The first-order valence-electron chi connectivity index (χ1n) is 21.6. The Hall–Kier alpha value is -4.88. The zero-order valence-electron chi connectivity index (χ0n) is 36.5. The van der Waals surface area contributed by atoms with Crippen molar-refractivity contribution >= 4 is 34.9 Å². The Kier molecular flexibility index (Phi) is 16.7. The number of nitrogens with zero attached hydrogens (tertiary/aromatic N) is 5. The molecule has 0 atom stereocenters. The standard InChI is InChI=1S/C26H38N2O3S.C22H25N3O3S/c1-25(2,3)18-26(4,5)21-6-8-23(9-7-21)30-15-12-20-10-13-28(14-11-20)24(29)31-16-22-17-32-19-27-22;26-22(28-15-19-16-29-17-23-19)25-12-7-18(8-13-25)9-14-27-21-5-3-20(4-6-21)24-10-1-2-11-24/h6-9,17,19-20H,10-16,18H2,1-5H3;1-6,10-11,16-18H,7-9,12-15H2. The molecule has 2 amide bonds. The number of hydrogen-bond acceptors (Lipinski definition) is 10. The van der Waals surface area contributed by atoms with Gasteiger partial charge in [-0.3, -0.25) is 0 Å². The lowest BCUT2D eigenvalue weighted by atomic mass is 9.72. The summed E-state index contributed by atoms with van der Waals surface area (Å²) in [5.74, 6) is 2.99. The lowest BCUT2D eigenvalue weighted by Crippen LogP contribution is -2.39. The number of benzene rings is 2. The van der Waals surface area contributed by atoms with Gasteiger partial charge in [0.1, 0.15) is 24.7 Å². The molecule has 2 aromatic carbocycles. The van der Waals surface area contributed by atoms with Gasteiger partial charge in [0.15, 0.2) is 0 Å². The third-order valence-electron chi connectivity index (χ3n) is 11.3. The molecule has 3 aromatic heterocycles. The van der Waals surface area contributed by atoms with E-state index in [0.717, 1.165) is 99.7 Å². The van der Waals surface area contributed by atoms with Crippen molar-refractivity contribution in [3.05, 3.63) is 112 Å². The van der Waals surface area contributed by atoms with E-state index in [-0.39, 0.29) is 30.8 Å². The van der Waals surface area contributed by atoms with Crippen LogP contribution >= 0.6 is 22.7 Å². The second-order valence-corrected chi connectivity index (χ2v) is 19.4. The van der Waals surface area contributed by atoms with Gasteiger partial charge >= 0.3 is 12.2 Å². The molecular formula is C48H63N5O6S2. The minimum absolute atomic E-state index is 0.145. The Morgan fingerprint density at radius 1 is 0.656 bits per heavy atom. The first kappa shape index (κ1) is 45.6. The Bertz CT molecular complexity index is 2000. The zero-order valence-corrected chi connectivity index (χ0v) is 38.1. The Balaban J connectivity index is 0.000000205. The van der Waals surface area contributed by atoms with Crippen molar-refractivity contribution in [3.8, 4) is 17.2 Å². The zero-order chi connectivity index (χ0) is 43.1. The van der Waals surface area contributed by atoms with Crippen molar-refractivity contribution < 1.29 is 28.5 Å². The van der Waals surface area contributed by atoms with Gasteiger partial charge in [0.2, 0.25) is 0 Å². The molecule has 328 valence electrons. The fourth-order valence-electron chi connectivity index (χ4n) is 8.22. The number of rotatable bonds is 15. The van der Waals surface area contributed by atoms with Gasteiger partial charge in [-0.25, -0.2) is 19.6 Å². The van der Waals surface area contributed by atoms with Gasteiger partial charge < -0.3 is 33.3 Å². The summed E-state index contributed by atoms with van der Waals surface area (Å²) in [5.41, 5.74) is 8.02. The Morgan fingerprint density at radius 3 is 1.51 bits per heavy atom. The highest BCUT2D eigenvalue weighted by Gasteiger charge is 2.28. The third kappa shape index (κ3) is 14.9. The fraction of sp³-hybridized carbons (Fsp3) is 0.500. The van der Waals surface area contributed by atoms with Crippen LogP contribution in [-0.2, 0) is 28.1 Å². The van der Waals surface area contributed by atoms with Gasteiger partial charge in [-0.2, -0.15) is 0 Å². The van der Waals surface area contributed by atoms with Crippen molar-refractivity contribution in [2.75, 3.05) is 39.4 Å². The maximum Gasteiger partial charge on any atom is 0.410 e. The van der Waals surface area contributed by atoms with Gasteiger partial charge in [0.25, 0.3) is 0 Å². The molecule has 0 bridgehead atoms. The molecule has 0 N–H and O–H groups in total. The summed E-state index contributed by atoms with van der Waals surface area (Å²) in [5, 5.41) is 3.80.